The van der Waals surface area contributed by atoms with Crippen LogP contribution in [0.5, 0.6) is 0 Å². The van der Waals surface area contributed by atoms with Gasteiger partial charge in [-0.2, -0.15) is 0 Å². The summed E-state index contributed by atoms with van der Waals surface area (Å²) < 4.78 is 0. The molecule has 2 N–H and O–H groups in total. The van der Waals surface area contributed by atoms with Gasteiger partial charge in [0.1, 0.15) is 17.8 Å². The summed E-state index contributed by atoms with van der Waals surface area (Å²) in [7, 11) is 0. The first-order valence-electron chi connectivity index (χ1n) is 7.33. The molecule has 0 aliphatic carbocycles. The van der Waals surface area contributed by atoms with Crippen LogP contribution in [0, 0.1) is 0 Å². The second kappa shape index (κ2) is 7.92. The Morgan fingerprint density at radius 3 is 2.60 bits per heavy atom. The van der Waals surface area contributed by atoms with E-state index in [9.17, 15) is 4.79 Å². The number of hydrogen-bond donors (Lipinski definition) is 2. The molecule has 8 heteroatoms. The Bertz CT molecular complexity index is 889. The average molecular weight is 374 g/mol. The lowest BCUT2D eigenvalue weighted by Crippen LogP contribution is -2.15. The number of amides is 1. The van der Waals surface area contributed by atoms with Crippen molar-refractivity contribution in [2.75, 3.05) is 10.6 Å². The van der Waals surface area contributed by atoms with E-state index in [4.69, 9.17) is 23.2 Å². The molecular formula is C17H13Cl2N5O. The van der Waals surface area contributed by atoms with Gasteiger partial charge >= 0.3 is 0 Å². The van der Waals surface area contributed by atoms with Crippen molar-refractivity contribution in [1.29, 1.82) is 0 Å². The van der Waals surface area contributed by atoms with Crippen molar-refractivity contribution in [2.24, 2.45) is 0 Å². The van der Waals surface area contributed by atoms with Gasteiger partial charge < -0.3 is 10.6 Å². The van der Waals surface area contributed by atoms with Gasteiger partial charge in [0.05, 0.1) is 10.7 Å². The van der Waals surface area contributed by atoms with Crippen molar-refractivity contribution in [3.63, 3.8) is 0 Å². The highest BCUT2D eigenvalue weighted by Crippen LogP contribution is 2.25. The molecule has 0 spiro atoms. The molecule has 0 saturated carbocycles. The third-order valence-corrected chi connectivity index (χ3v) is 3.85. The Morgan fingerprint density at radius 1 is 1.04 bits per heavy atom. The summed E-state index contributed by atoms with van der Waals surface area (Å²) >= 11 is 11.9. The molecule has 3 aromatic rings. The van der Waals surface area contributed by atoms with Crippen LogP contribution >= 0.6 is 23.2 Å². The normalized spacial score (nSPS) is 10.3. The van der Waals surface area contributed by atoms with Gasteiger partial charge in [0.25, 0.3) is 5.91 Å². The molecule has 1 amide bonds. The predicted molar refractivity (Wildman–Crippen MR) is 98.0 cm³/mol. The van der Waals surface area contributed by atoms with Gasteiger partial charge in [-0.25, -0.2) is 9.97 Å². The number of pyridine rings is 1. The molecule has 2 heterocycles. The smallest absolute Gasteiger partial charge is 0.274 e. The van der Waals surface area contributed by atoms with E-state index in [0.717, 1.165) is 5.56 Å². The molecule has 3 rings (SSSR count). The van der Waals surface area contributed by atoms with Crippen molar-refractivity contribution in [3.8, 4) is 0 Å². The van der Waals surface area contributed by atoms with Crippen molar-refractivity contribution in [2.45, 2.75) is 6.54 Å². The van der Waals surface area contributed by atoms with Crippen LogP contribution in [0.1, 0.15) is 16.1 Å². The number of benzene rings is 1. The van der Waals surface area contributed by atoms with E-state index in [1.165, 1.54) is 6.33 Å². The summed E-state index contributed by atoms with van der Waals surface area (Å²) in [5.41, 5.74) is 1.73. The standard InChI is InChI=1S/C17H13Cl2N5O/c18-12-1-2-14(13(19)7-12)24-17(25)15-8-16(23-10-22-15)21-9-11-3-5-20-6-4-11/h1-8,10H,9H2,(H,24,25)(H,21,22,23). The largest absolute Gasteiger partial charge is 0.366 e. The maximum atomic E-state index is 12.3. The van der Waals surface area contributed by atoms with Crippen molar-refractivity contribution in [3.05, 3.63) is 76.4 Å². The highest BCUT2D eigenvalue weighted by atomic mass is 35.5. The lowest BCUT2D eigenvalue weighted by molar-refractivity contribution is 0.102. The third-order valence-electron chi connectivity index (χ3n) is 3.30. The zero-order valence-corrected chi connectivity index (χ0v) is 14.4. The molecule has 0 aliphatic heterocycles. The Balaban J connectivity index is 1.69. The third kappa shape index (κ3) is 4.65. The van der Waals surface area contributed by atoms with Crippen molar-refractivity contribution in [1.82, 2.24) is 15.0 Å². The minimum Gasteiger partial charge on any atom is -0.366 e. The number of nitrogens with zero attached hydrogens (tertiary/aromatic N) is 3. The topological polar surface area (TPSA) is 79.8 Å². The first kappa shape index (κ1) is 17.1. The van der Waals surface area contributed by atoms with Gasteiger partial charge in [-0.05, 0) is 35.9 Å². The SMILES string of the molecule is O=C(Nc1ccc(Cl)cc1Cl)c1cc(NCc2ccncc2)ncn1. The van der Waals surface area contributed by atoms with Crippen LogP contribution in [-0.4, -0.2) is 20.9 Å². The summed E-state index contributed by atoms with van der Waals surface area (Å²) in [6, 6.07) is 10.2. The van der Waals surface area contributed by atoms with E-state index in [1.807, 2.05) is 12.1 Å². The minimum absolute atomic E-state index is 0.221. The number of hydrogen-bond acceptors (Lipinski definition) is 5. The van der Waals surface area contributed by atoms with Gasteiger partial charge in [0.2, 0.25) is 0 Å². The van der Waals surface area contributed by atoms with Gasteiger partial charge in [0, 0.05) is 30.0 Å². The van der Waals surface area contributed by atoms with Gasteiger partial charge in [-0.15, -0.1) is 0 Å². The summed E-state index contributed by atoms with van der Waals surface area (Å²) in [6.07, 6.45) is 4.75. The number of aromatic nitrogens is 3. The van der Waals surface area contributed by atoms with Crippen LogP contribution in [0.2, 0.25) is 10.0 Å². The maximum absolute atomic E-state index is 12.3. The average Bonchev–Trinajstić information content (AvgIpc) is 2.63. The molecule has 0 radical (unpaired) electrons. The highest BCUT2D eigenvalue weighted by Gasteiger charge is 2.11. The van der Waals surface area contributed by atoms with Crippen LogP contribution in [-0.2, 0) is 6.54 Å². The van der Waals surface area contributed by atoms with Crippen LogP contribution in [0.4, 0.5) is 11.5 Å². The fourth-order valence-corrected chi connectivity index (χ4v) is 2.50. The zero-order chi connectivity index (χ0) is 17.6. The first-order valence-corrected chi connectivity index (χ1v) is 8.08. The number of carbonyl (C=O) groups is 1. The summed E-state index contributed by atoms with van der Waals surface area (Å²) in [5.74, 6) is 0.151. The second-order valence-corrected chi connectivity index (χ2v) is 5.92. The lowest BCUT2D eigenvalue weighted by atomic mass is 10.2. The molecule has 0 aliphatic rings. The molecule has 0 fully saturated rings. The highest BCUT2D eigenvalue weighted by molar-refractivity contribution is 6.36. The van der Waals surface area contributed by atoms with E-state index in [-0.39, 0.29) is 5.69 Å². The van der Waals surface area contributed by atoms with E-state index < -0.39 is 5.91 Å². The summed E-state index contributed by atoms with van der Waals surface area (Å²) in [6.45, 7) is 0.559. The predicted octanol–water partition coefficient (Wildman–Crippen LogP) is 4.04. The van der Waals surface area contributed by atoms with Crippen molar-refractivity contribution < 1.29 is 4.79 Å². The number of rotatable bonds is 5. The fourth-order valence-electron chi connectivity index (χ4n) is 2.05. The summed E-state index contributed by atoms with van der Waals surface area (Å²) in [4.78, 5) is 24.4. The van der Waals surface area contributed by atoms with Crippen LogP contribution in [0.25, 0.3) is 0 Å². The van der Waals surface area contributed by atoms with E-state index in [2.05, 4.69) is 25.6 Å². The van der Waals surface area contributed by atoms with Crippen molar-refractivity contribution >= 4 is 40.6 Å². The lowest BCUT2D eigenvalue weighted by Gasteiger charge is -2.09. The molecule has 6 nitrogen and oxygen atoms in total. The molecule has 25 heavy (non-hydrogen) atoms. The Kier molecular flexibility index (Phi) is 5.42. The Morgan fingerprint density at radius 2 is 1.84 bits per heavy atom. The molecule has 1 aromatic carbocycles. The van der Waals surface area contributed by atoms with Gasteiger partial charge in [0.15, 0.2) is 0 Å². The quantitative estimate of drug-likeness (QED) is 0.705. The monoisotopic (exact) mass is 373 g/mol. The molecule has 0 atom stereocenters. The van der Waals surface area contributed by atoms with E-state index in [0.29, 0.717) is 28.1 Å². The maximum Gasteiger partial charge on any atom is 0.274 e. The van der Waals surface area contributed by atoms with Gasteiger partial charge in [-0.3, -0.25) is 9.78 Å². The molecule has 0 saturated heterocycles. The fraction of sp³-hybridized carbons (Fsp3) is 0.0588. The van der Waals surface area contributed by atoms with Crippen LogP contribution in [0.3, 0.4) is 0 Å². The van der Waals surface area contributed by atoms with E-state index >= 15 is 0 Å². The summed E-state index contributed by atoms with van der Waals surface area (Å²) in [5, 5.41) is 6.68. The number of nitrogens with one attached hydrogen (secondary N) is 2. The van der Waals surface area contributed by atoms with Gasteiger partial charge in [-0.1, -0.05) is 23.2 Å². The molecule has 126 valence electrons. The molecule has 0 unspecified atom stereocenters. The van der Waals surface area contributed by atoms with Crippen LogP contribution < -0.4 is 10.6 Å². The minimum atomic E-state index is -0.390. The molecule has 0 bridgehead atoms. The number of carbonyl (C=O) groups excluding carboxylic acids is 1. The van der Waals surface area contributed by atoms with Crippen LogP contribution in [0.15, 0.2) is 55.1 Å². The Labute approximate surface area is 154 Å². The zero-order valence-electron chi connectivity index (χ0n) is 12.9. The van der Waals surface area contributed by atoms with E-state index in [1.54, 1.807) is 36.7 Å². The second-order valence-electron chi connectivity index (χ2n) is 5.08. The molecule has 2 aromatic heterocycles. The first-order chi connectivity index (χ1) is 12.1. The molecular weight excluding hydrogens is 361 g/mol. The number of halogens is 2. The Hall–Kier alpha value is -2.70. The number of anilines is 2.